The fourth-order valence-electron chi connectivity index (χ4n) is 4.33. The summed E-state index contributed by atoms with van der Waals surface area (Å²) in [4.78, 5) is 2.73. The van der Waals surface area contributed by atoms with Crippen molar-refractivity contribution in [3.05, 3.63) is 0 Å². The number of likely N-dealkylation sites (tertiary alicyclic amines) is 1. The molecular weight excluding hydrogens is 220 g/mol. The fraction of sp³-hybridized carbons (Fsp3) is 1.00. The van der Waals surface area contributed by atoms with Gasteiger partial charge < -0.3 is 10.2 Å². The van der Waals surface area contributed by atoms with E-state index in [9.17, 15) is 0 Å². The maximum absolute atomic E-state index is 3.76. The van der Waals surface area contributed by atoms with Crippen molar-refractivity contribution in [2.75, 3.05) is 19.6 Å². The summed E-state index contributed by atoms with van der Waals surface area (Å²) in [6.45, 7) is 8.91. The number of rotatable bonds is 3. The first-order valence-electron chi connectivity index (χ1n) is 8.19. The first-order valence-corrected chi connectivity index (χ1v) is 8.19. The number of fused-ring (bicyclic) bond motifs is 2. The number of nitrogens with zero attached hydrogens (tertiary/aromatic N) is 1. The summed E-state index contributed by atoms with van der Waals surface area (Å²) in [6.07, 6.45) is 8.67. The lowest BCUT2D eigenvalue weighted by Crippen LogP contribution is -2.41. The molecule has 2 heteroatoms. The van der Waals surface area contributed by atoms with Crippen molar-refractivity contribution < 1.29 is 0 Å². The summed E-state index contributed by atoms with van der Waals surface area (Å²) in [7, 11) is 0. The molecule has 0 aromatic carbocycles. The van der Waals surface area contributed by atoms with E-state index < -0.39 is 0 Å². The van der Waals surface area contributed by atoms with Crippen LogP contribution in [0.4, 0.5) is 0 Å². The first kappa shape index (κ1) is 12.9. The van der Waals surface area contributed by atoms with Gasteiger partial charge in [0.2, 0.25) is 0 Å². The molecule has 3 rings (SSSR count). The Bertz CT molecular complexity index is 266. The smallest absolute Gasteiger partial charge is 0.00728 e. The van der Waals surface area contributed by atoms with Crippen LogP contribution in [0, 0.1) is 17.8 Å². The van der Waals surface area contributed by atoms with Crippen LogP contribution in [0.3, 0.4) is 0 Å². The number of piperidine rings is 2. The zero-order chi connectivity index (χ0) is 12.5. The molecule has 3 aliphatic heterocycles. The molecule has 0 aliphatic carbocycles. The maximum Gasteiger partial charge on any atom is 0.00728 e. The van der Waals surface area contributed by atoms with Gasteiger partial charge in [-0.25, -0.2) is 0 Å². The zero-order valence-corrected chi connectivity index (χ0v) is 12.2. The Kier molecular flexibility index (Phi) is 3.95. The first-order chi connectivity index (χ1) is 8.70. The van der Waals surface area contributed by atoms with E-state index in [0.29, 0.717) is 0 Å². The second-order valence-corrected chi connectivity index (χ2v) is 7.31. The van der Waals surface area contributed by atoms with Crippen LogP contribution in [0.1, 0.15) is 52.4 Å². The molecule has 4 atom stereocenters. The summed E-state index contributed by atoms with van der Waals surface area (Å²) >= 11 is 0. The van der Waals surface area contributed by atoms with E-state index in [4.69, 9.17) is 0 Å². The molecule has 3 saturated heterocycles. The van der Waals surface area contributed by atoms with Gasteiger partial charge in [0, 0.05) is 18.6 Å². The molecule has 2 bridgehead atoms. The predicted molar refractivity (Wildman–Crippen MR) is 76.7 cm³/mol. The van der Waals surface area contributed by atoms with E-state index in [-0.39, 0.29) is 0 Å². The molecule has 0 radical (unpaired) electrons. The number of nitrogens with one attached hydrogen (secondary N) is 1. The van der Waals surface area contributed by atoms with Crippen molar-refractivity contribution in [3.8, 4) is 0 Å². The van der Waals surface area contributed by atoms with Crippen LogP contribution in [0.25, 0.3) is 0 Å². The Balaban J connectivity index is 1.42. The van der Waals surface area contributed by atoms with Gasteiger partial charge in [-0.1, -0.05) is 13.8 Å². The third-order valence-electron chi connectivity index (χ3n) is 5.84. The third kappa shape index (κ3) is 2.91. The molecule has 0 saturated carbocycles. The minimum Gasteiger partial charge on any atom is -0.311 e. The molecule has 0 aromatic heterocycles. The van der Waals surface area contributed by atoms with E-state index in [1.54, 1.807) is 0 Å². The minimum absolute atomic E-state index is 0.869. The SMILES string of the molecule is CC1CCN(CCC2CC3CCC(C2)N3)CC1C. The van der Waals surface area contributed by atoms with Crippen molar-refractivity contribution in [3.63, 3.8) is 0 Å². The van der Waals surface area contributed by atoms with Crippen LogP contribution < -0.4 is 5.32 Å². The van der Waals surface area contributed by atoms with E-state index >= 15 is 0 Å². The second-order valence-electron chi connectivity index (χ2n) is 7.31. The van der Waals surface area contributed by atoms with Gasteiger partial charge in [0.15, 0.2) is 0 Å². The lowest BCUT2D eigenvalue weighted by Gasteiger charge is -2.37. The normalized spacial score (nSPS) is 45.3. The van der Waals surface area contributed by atoms with Crippen LogP contribution in [-0.4, -0.2) is 36.6 Å². The maximum atomic E-state index is 3.76. The molecule has 4 unspecified atom stereocenters. The summed E-state index contributed by atoms with van der Waals surface area (Å²) in [5.74, 6) is 2.86. The van der Waals surface area contributed by atoms with Gasteiger partial charge in [-0.05, 0) is 69.4 Å². The molecule has 0 spiro atoms. The molecule has 2 nitrogen and oxygen atoms in total. The molecule has 1 N–H and O–H groups in total. The molecule has 104 valence electrons. The summed E-state index contributed by atoms with van der Waals surface area (Å²) in [5, 5.41) is 3.76. The van der Waals surface area contributed by atoms with Crippen molar-refractivity contribution in [1.82, 2.24) is 10.2 Å². The van der Waals surface area contributed by atoms with Gasteiger partial charge in [0.25, 0.3) is 0 Å². The average Bonchev–Trinajstić information content (AvgIpc) is 2.70. The van der Waals surface area contributed by atoms with Crippen LogP contribution in [0.2, 0.25) is 0 Å². The Labute approximate surface area is 113 Å². The molecule has 3 aliphatic rings. The third-order valence-corrected chi connectivity index (χ3v) is 5.84. The van der Waals surface area contributed by atoms with Gasteiger partial charge in [-0.15, -0.1) is 0 Å². The highest BCUT2D eigenvalue weighted by molar-refractivity contribution is 4.92. The Hall–Kier alpha value is -0.0800. The van der Waals surface area contributed by atoms with Crippen LogP contribution in [-0.2, 0) is 0 Å². The Morgan fingerprint density at radius 3 is 2.39 bits per heavy atom. The topological polar surface area (TPSA) is 15.3 Å². The highest BCUT2D eigenvalue weighted by Crippen LogP contribution is 2.33. The van der Waals surface area contributed by atoms with Crippen LogP contribution in [0.5, 0.6) is 0 Å². The standard InChI is InChI=1S/C16H30N2/c1-12-5-7-18(11-13(12)2)8-6-14-9-15-3-4-16(10-14)17-15/h12-17H,3-11H2,1-2H3. The summed E-state index contributed by atoms with van der Waals surface area (Å²) in [6, 6.07) is 1.74. The monoisotopic (exact) mass is 250 g/mol. The Morgan fingerprint density at radius 1 is 1.00 bits per heavy atom. The van der Waals surface area contributed by atoms with E-state index in [2.05, 4.69) is 24.1 Å². The largest absolute Gasteiger partial charge is 0.311 e. The summed E-state index contributed by atoms with van der Waals surface area (Å²) in [5.41, 5.74) is 0. The zero-order valence-electron chi connectivity index (χ0n) is 12.2. The van der Waals surface area contributed by atoms with Crippen molar-refractivity contribution in [2.45, 2.75) is 64.5 Å². The van der Waals surface area contributed by atoms with Gasteiger partial charge in [0.05, 0.1) is 0 Å². The summed E-state index contributed by atoms with van der Waals surface area (Å²) < 4.78 is 0. The predicted octanol–water partition coefficient (Wildman–Crippen LogP) is 2.89. The van der Waals surface area contributed by atoms with Crippen LogP contribution >= 0.6 is 0 Å². The van der Waals surface area contributed by atoms with Gasteiger partial charge in [0.1, 0.15) is 0 Å². The Morgan fingerprint density at radius 2 is 1.72 bits per heavy atom. The molecule has 3 heterocycles. The highest BCUT2D eigenvalue weighted by atomic mass is 15.1. The van der Waals surface area contributed by atoms with Gasteiger partial charge >= 0.3 is 0 Å². The lowest BCUT2D eigenvalue weighted by atomic mass is 9.87. The van der Waals surface area contributed by atoms with E-state index in [1.165, 1.54) is 58.2 Å². The van der Waals surface area contributed by atoms with E-state index in [1.807, 2.05) is 0 Å². The lowest BCUT2D eigenvalue weighted by molar-refractivity contribution is 0.126. The highest BCUT2D eigenvalue weighted by Gasteiger charge is 2.33. The second kappa shape index (κ2) is 5.50. The fourth-order valence-corrected chi connectivity index (χ4v) is 4.33. The van der Waals surface area contributed by atoms with Crippen LogP contribution in [0.15, 0.2) is 0 Å². The van der Waals surface area contributed by atoms with Gasteiger partial charge in [-0.3, -0.25) is 0 Å². The quantitative estimate of drug-likeness (QED) is 0.828. The molecule has 0 aromatic rings. The van der Waals surface area contributed by atoms with E-state index in [0.717, 1.165) is 29.8 Å². The average molecular weight is 250 g/mol. The van der Waals surface area contributed by atoms with Gasteiger partial charge in [-0.2, -0.15) is 0 Å². The molecule has 18 heavy (non-hydrogen) atoms. The number of hydrogen-bond acceptors (Lipinski definition) is 2. The van der Waals surface area contributed by atoms with Crippen molar-refractivity contribution >= 4 is 0 Å². The van der Waals surface area contributed by atoms with Crippen molar-refractivity contribution in [2.24, 2.45) is 17.8 Å². The molecule has 3 fully saturated rings. The number of hydrogen-bond donors (Lipinski definition) is 1. The molecular formula is C16H30N2. The molecule has 0 amide bonds. The minimum atomic E-state index is 0.869. The van der Waals surface area contributed by atoms with Crippen molar-refractivity contribution in [1.29, 1.82) is 0 Å².